The highest BCUT2D eigenvalue weighted by atomic mass is 16.3. The van der Waals surface area contributed by atoms with Crippen molar-refractivity contribution in [1.29, 1.82) is 0 Å². The van der Waals surface area contributed by atoms with Crippen LogP contribution in [0, 0.1) is 5.41 Å². The Balaban J connectivity index is 2.20. The number of nitrogens with two attached hydrogens (primary N) is 1. The van der Waals surface area contributed by atoms with E-state index in [2.05, 4.69) is 5.32 Å². The number of aliphatic hydroxyl groups excluding tert-OH is 1. The Morgan fingerprint density at radius 2 is 2.10 bits per heavy atom. The monoisotopic (exact) mass is 277 g/mol. The van der Waals surface area contributed by atoms with Gasteiger partial charge >= 0.3 is 0 Å². The van der Waals surface area contributed by atoms with Crippen LogP contribution in [0.15, 0.2) is 18.2 Å². The summed E-state index contributed by atoms with van der Waals surface area (Å²) in [5.41, 5.74) is 7.74. The molecular formula is C15H23N3O2. The lowest BCUT2D eigenvalue weighted by molar-refractivity contribution is -0.0510. The first-order valence-electron chi connectivity index (χ1n) is 6.79. The predicted octanol–water partition coefficient (Wildman–Crippen LogP) is 1.54. The minimum Gasteiger partial charge on any atom is -0.397 e. The Kier molecular flexibility index (Phi) is 3.65. The number of nitrogen functional groups attached to an aromatic ring is 1. The zero-order chi connectivity index (χ0) is 15.1. The van der Waals surface area contributed by atoms with E-state index in [0.29, 0.717) is 17.7 Å². The molecule has 1 saturated carbocycles. The number of benzene rings is 1. The van der Waals surface area contributed by atoms with E-state index in [4.69, 9.17) is 5.73 Å². The van der Waals surface area contributed by atoms with Crippen LogP contribution < -0.4 is 11.1 Å². The van der Waals surface area contributed by atoms with Crippen molar-refractivity contribution in [2.45, 2.75) is 32.4 Å². The third kappa shape index (κ3) is 2.45. The van der Waals surface area contributed by atoms with Gasteiger partial charge in [-0.2, -0.15) is 0 Å². The first-order chi connectivity index (χ1) is 9.23. The van der Waals surface area contributed by atoms with E-state index in [0.717, 1.165) is 5.69 Å². The van der Waals surface area contributed by atoms with Gasteiger partial charge in [0.25, 0.3) is 5.91 Å². The van der Waals surface area contributed by atoms with Crippen LogP contribution in [0.5, 0.6) is 0 Å². The Bertz CT molecular complexity index is 526. The summed E-state index contributed by atoms with van der Waals surface area (Å²) in [7, 11) is 3.44. The van der Waals surface area contributed by atoms with Crippen LogP contribution >= 0.6 is 0 Å². The van der Waals surface area contributed by atoms with Gasteiger partial charge in [0.2, 0.25) is 0 Å². The molecule has 0 saturated heterocycles. The lowest BCUT2D eigenvalue weighted by Crippen LogP contribution is -2.56. The van der Waals surface area contributed by atoms with Crippen molar-refractivity contribution >= 4 is 17.3 Å². The molecule has 2 rings (SSSR count). The molecule has 0 radical (unpaired) electrons. The Morgan fingerprint density at radius 1 is 1.45 bits per heavy atom. The van der Waals surface area contributed by atoms with Crippen LogP contribution in [0.25, 0.3) is 0 Å². The van der Waals surface area contributed by atoms with Crippen LogP contribution in [0.1, 0.15) is 30.6 Å². The Morgan fingerprint density at radius 3 is 2.60 bits per heavy atom. The zero-order valence-corrected chi connectivity index (χ0v) is 12.5. The summed E-state index contributed by atoms with van der Waals surface area (Å²) in [6.07, 6.45) is 0.394. The first kappa shape index (κ1) is 14.7. The average molecular weight is 277 g/mol. The number of nitrogens with one attached hydrogen (secondary N) is 1. The van der Waals surface area contributed by atoms with Gasteiger partial charge in [-0.1, -0.05) is 13.8 Å². The maximum Gasteiger partial charge on any atom is 0.253 e. The van der Waals surface area contributed by atoms with E-state index in [-0.39, 0.29) is 23.5 Å². The summed E-state index contributed by atoms with van der Waals surface area (Å²) in [6, 6.07) is 5.40. The van der Waals surface area contributed by atoms with Gasteiger partial charge in [0.15, 0.2) is 0 Å². The van der Waals surface area contributed by atoms with Gasteiger partial charge in [-0.15, -0.1) is 0 Å². The van der Waals surface area contributed by atoms with E-state index in [1.807, 2.05) is 13.8 Å². The molecule has 2 atom stereocenters. The van der Waals surface area contributed by atoms with Crippen molar-refractivity contribution in [1.82, 2.24) is 4.90 Å². The smallest absolute Gasteiger partial charge is 0.253 e. The van der Waals surface area contributed by atoms with Crippen LogP contribution in [0.4, 0.5) is 11.4 Å². The highest BCUT2D eigenvalue weighted by Gasteiger charge is 2.47. The van der Waals surface area contributed by atoms with Gasteiger partial charge in [0.05, 0.1) is 17.5 Å². The predicted molar refractivity (Wildman–Crippen MR) is 80.7 cm³/mol. The Labute approximate surface area is 119 Å². The molecule has 1 aliphatic carbocycles. The standard InChI is InChI=1S/C15H23N3O2/c1-15(2)12(8-13(15)19)17-11-7-9(5-6-10(11)16)14(20)18(3)4/h5-7,12-13,17,19H,8,16H2,1-4H3. The summed E-state index contributed by atoms with van der Waals surface area (Å²) in [5, 5.41) is 13.1. The second kappa shape index (κ2) is 4.98. The molecule has 20 heavy (non-hydrogen) atoms. The number of anilines is 2. The minimum atomic E-state index is -0.298. The van der Waals surface area contributed by atoms with Crippen LogP contribution in [-0.4, -0.2) is 42.2 Å². The fraction of sp³-hybridized carbons (Fsp3) is 0.533. The second-order valence-corrected chi connectivity index (χ2v) is 6.27. The molecule has 110 valence electrons. The van der Waals surface area contributed by atoms with Gasteiger partial charge in [-0.05, 0) is 24.6 Å². The zero-order valence-electron chi connectivity index (χ0n) is 12.5. The van der Waals surface area contributed by atoms with E-state index in [1.54, 1.807) is 32.3 Å². The lowest BCUT2D eigenvalue weighted by atomic mass is 9.64. The SMILES string of the molecule is CN(C)C(=O)c1ccc(N)c(NC2CC(O)C2(C)C)c1. The number of hydrogen-bond acceptors (Lipinski definition) is 4. The molecule has 0 heterocycles. The molecule has 1 aliphatic rings. The molecule has 0 aliphatic heterocycles. The van der Waals surface area contributed by atoms with Crippen molar-refractivity contribution in [3.63, 3.8) is 0 Å². The second-order valence-electron chi connectivity index (χ2n) is 6.27. The molecule has 4 N–H and O–H groups in total. The van der Waals surface area contributed by atoms with Gasteiger partial charge in [0.1, 0.15) is 0 Å². The van der Waals surface area contributed by atoms with Gasteiger partial charge in [-0.25, -0.2) is 0 Å². The fourth-order valence-electron chi connectivity index (χ4n) is 2.41. The third-order valence-electron chi connectivity index (χ3n) is 4.25. The van der Waals surface area contributed by atoms with Crippen molar-refractivity contribution in [3.05, 3.63) is 23.8 Å². The molecule has 0 spiro atoms. The number of aliphatic hydroxyl groups is 1. The van der Waals surface area contributed by atoms with E-state index < -0.39 is 0 Å². The summed E-state index contributed by atoms with van der Waals surface area (Å²) >= 11 is 0. The molecule has 5 nitrogen and oxygen atoms in total. The number of amides is 1. The quantitative estimate of drug-likeness (QED) is 0.732. The summed E-state index contributed by atoms with van der Waals surface area (Å²) in [5.74, 6) is -0.0547. The molecule has 1 fully saturated rings. The molecule has 1 aromatic rings. The van der Waals surface area contributed by atoms with Crippen molar-refractivity contribution in [2.75, 3.05) is 25.1 Å². The average Bonchev–Trinajstić information content (AvgIpc) is 2.39. The topological polar surface area (TPSA) is 78.6 Å². The van der Waals surface area contributed by atoms with Crippen molar-refractivity contribution in [3.8, 4) is 0 Å². The largest absolute Gasteiger partial charge is 0.397 e. The van der Waals surface area contributed by atoms with Gasteiger partial charge in [-0.3, -0.25) is 4.79 Å². The van der Waals surface area contributed by atoms with Crippen LogP contribution in [0.2, 0.25) is 0 Å². The maximum atomic E-state index is 12.0. The molecular weight excluding hydrogens is 254 g/mol. The number of rotatable bonds is 3. The summed E-state index contributed by atoms with van der Waals surface area (Å²) in [4.78, 5) is 13.5. The molecule has 1 amide bonds. The molecule has 2 unspecified atom stereocenters. The maximum absolute atomic E-state index is 12.0. The fourth-order valence-corrected chi connectivity index (χ4v) is 2.41. The van der Waals surface area contributed by atoms with Gasteiger partial charge < -0.3 is 21.1 Å². The van der Waals surface area contributed by atoms with Crippen LogP contribution in [-0.2, 0) is 0 Å². The van der Waals surface area contributed by atoms with E-state index >= 15 is 0 Å². The van der Waals surface area contributed by atoms with Gasteiger partial charge in [0, 0.05) is 31.1 Å². The Hall–Kier alpha value is -1.75. The molecule has 0 bridgehead atoms. The van der Waals surface area contributed by atoms with Crippen molar-refractivity contribution in [2.24, 2.45) is 5.41 Å². The minimum absolute atomic E-state index is 0.0547. The normalized spacial score (nSPS) is 23.9. The first-order valence-corrected chi connectivity index (χ1v) is 6.79. The number of hydrogen-bond donors (Lipinski definition) is 3. The summed E-state index contributed by atoms with van der Waals surface area (Å²) in [6.45, 7) is 4.04. The van der Waals surface area contributed by atoms with E-state index in [9.17, 15) is 9.90 Å². The van der Waals surface area contributed by atoms with Crippen LogP contribution in [0.3, 0.4) is 0 Å². The molecule has 0 aromatic heterocycles. The summed E-state index contributed by atoms with van der Waals surface area (Å²) < 4.78 is 0. The number of carbonyl (C=O) groups is 1. The molecule has 1 aromatic carbocycles. The highest BCUT2D eigenvalue weighted by Crippen LogP contribution is 2.42. The number of carbonyl (C=O) groups excluding carboxylic acids is 1. The molecule has 5 heteroatoms. The third-order valence-corrected chi connectivity index (χ3v) is 4.25. The number of nitrogens with zero attached hydrogens (tertiary/aromatic N) is 1. The highest BCUT2D eigenvalue weighted by molar-refractivity contribution is 5.95. The van der Waals surface area contributed by atoms with E-state index in [1.165, 1.54) is 4.90 Å². The lowest BCUT2D eigenvalue weighted by Gasteiger charge is -2.50. The van der Waals surface area contributed by atoms with Crippen molar-refractivity contribution < 1.29 is 9.90 Å².